The largest absolute Gasteiger partial charge is 0.494 e. The number of aromatic nitrogens is 1. The molecule has 1 amide bonds. The summed E-state index contributed by atoms with van der Waals surface area (Å²) in [5.41, 5.74) is 1.44. The van der Waals surface area contributed by atoms with Crippen LogP contribution < -0.4 is 15.4 Å². The molecule has 0 radical (unpaired) electrons. The van der Waals surface area contributed by atoms with E-state index in [-0.39, 0.29) is 11.4 Å². The van der Waals surface area contributed by atoms with Gasteiger partial charge >= 0.3 is 0 Å². The molecule has 0 atom stereocenters. The predicted octanol–water partition coefficient (Wildman–Crippen LogP) is 2.91. The van der Waals surface area contributed by atoms with Gasteiger partial charge in [0, 0.05) is 18.3 Å². The van der Waals surface area contributed by atoms with Gasteiger partial charge in [-0.15, -0.1) is 0 Å². The number of halogens is 1. The third-order valence-corrected chi connectivity index (χ3v) is 2.79. The predicted molar refractivity (Wildman–Crippen MR) is 79.3 cm³/mol. The van der Waals surface area contributed by atoms with E-state index in [4.69, 9.17) is 4.74 Å². The number of pyridine rings is 1. The van der Waals surface area contributed by atoms with Crippen molar-refractivity contribution < 1.29 is 13.9 Å². The summed E-state index contributed by atoms with van der Waals surface area (Å²) in [4.78, 5) is 16.1. The minimum absolute atomic E-state index is 0.126. The third kappa shape index (κ3) is 3.68. The molecule has 0 fully saturated rings. The van der Waals surface area contributed by atoms with Crippen LogP contribution in [0.3, 0.4) is 0 Å². The lowest BCUT2D eigenvalue weighted by Crippen LogP contribution is -2.14. The van der Waals surface area contributed by atoms with Gasteiger partial charge in [0.25, 0.3) is 5.91 Å². The van der Waals surface area contributed by atoms with E-state index in [0.717, 1.165) is 12.2 Å². The second-order valence-electron chi connectivity index (χ2n) is 4.27. The molecule has 2 rings (SSSR count). The highest BCUT2D eigenvalue weighted by Gasteiger charge is 2.09. The standard InChI is InChI=1S/C15H16FN3O2/c1-3-17-11-4-6-13(18-9-11)15(20)19-10-5-7-14(21-2)12(16)8-10/h4-9,17H,3H2,1-2H3,(H,19,20). The fraction of sp³-hybridized carbons (Fsp3) is 0.200. The highest BCUT2D eigenvalue weighted by Crippen LogP contribution is 2.21. The van der Waals surface area contributed by atoms with E-state index in [1.54, 1.807) is 24.4 Å². The van der Waals surface area contributed by atoms with Crippen molar-refractivity contribution in [1.29, 1.82) is 0 Å². The molecule has 0 aliphatic carbocycles. The highest BCUT2D eigenvalue weighted by atomic mass is 19.1. The second kappa shape index (κ2) is 6.69. The van der Waals surface area contributed by atoms with Gasteiger partial charge in [-0.25, -0.2) is 9.37 Å². The number of carbonyl (C=O) groups excluding carboxylic acids is 1. The molecule has 2 N–H and O–H groups in total. The molecule has 0 spiro atoms. The minimum Gasteiger partial charge on any atom is -0.494 e. The Morgan fingerprint density at radius 3 is 2.62 bits per heavy atom. The van der Waals surface area contributed by atoms with Crippen LogP contribution in [0.15, 0.2) is 36.5 Å². The van der Waals surface area contributed by atoms with Gasteiger partial charge in [0.1, 0.15) is 5.69 Å². The lowest BCUT2D eigenvalue weighted by Gasteiger charge is -2.08. The number of anilines is 2. The second-order valence-corrected chi connectivity index (χ2v) is 4.27. The zero-order valence-corrected chi connectivity index (χ0v) is 11.8. The maximum Gasteiger partial charge on any atom is 0.274 e. The van der Waals surface area contributed by atoms with E-state index >= 15 is 0 Å². The molecule has 0 saturated heterocycles. The first-order chi connectivity index (χ1) is 10.1. The van der Waals surface area contributed by atoms with Crippen LogP contribution in [0.4, 0.5) is 15.8 Å². The number of methoxy groups -OCH3 is 1. The number of rotatable bonds is 5. The molecular formula is C15H16FN3O2. The number of ether oxygens (including phenoxy) is 1. The Labute approximate surface area is 122 Å². The van der Waals surface area contributed by atoms with Crippen LogP contribution in [-0.4, -0.2) is 24.5 Å². The summed E-state index contributed by atoms with van der Waals surface area (Å²) in [7, 11) is 1.38. The van der Waals surface area contributed by atoms with Crippen molar-refractivity contribution in [3.05, 3.63) is 48.0 Å². The van der Waals surface area contributed by atoms with Crippen molar-refractivity contribution in [1.82, 2.24) is 4.98 Å². The first kappa shape index (κ1) is 14.8. The Balaban J connectivity index is 2.08. The van der Waals surface area contributed by atoms with E-state index in [1.807, 2.05) is 6.92 Å². The van der Waals surface area contributed by atoms with Gasteiger partial charge in [-0.1, -0.05) is 0 Å². The van der Waals surface area contributed by atoms with Crippen LogP contribution in [0.5, 0.6) is 5.75 Å². The van der Waals surface area contributed by atoms with E-state index in [2.05, 4.69) is 15.6 Å². The van der Waals surface area contributed by atoms with Crippen molar-refractivity contribution in [2.45, 2.75) is 6.92 Å². The first-order valence-corrected chi connectivity index (χ1v) is 6.49. The molecule has 0 aliphatic rings. The summed E-state index contributed by atoms with van der Waals surface area (Å²) in [6.45, 7) is 2.75. The Kier molecular flexibility index (Phi) is 4.71. The van der Waals surface area contributed by atoms with Crippen molar-refractivity contribution in [2.75, 3.05) is 24.3 Å². The molecule has 0 bridgehead atoms. The summed E-state index contributed by atoms with van der Waals surface area (Å²) in [5.74, 6) is -0.811. The Morgan fingerprint density at radius 2 is 2.05 bits per heavy atom. The zero-order chi connectivity index (χ0) is 15.2. The van der Waals surface area contributed by atoms with Gasteiger partial charge in [0.15, 0.2) is 11.6 Å². The van der Waals surface area contributed by atoms with E-state index in [1.165, 1.54) is 19.2 Å². The van der Waals surface area contributed by atoms with E-state index in [0.29, 0.717) is 5.69 Å². The number of nitrogens with one attached hydrogen (secondary N) is 2. The molecule has 1 aromatic carbocycles. The Morgan fingerprint density at radius 1 is 1.29 bits per heavy atom. The molecule has 0 saturated carbocycles. The Bertz CT molecular complexity index is 629. The fourth-order valence-electron chi connectivity index (χ4n) is 1.78. The number of carbonyl (C=O) groups is 1. The number of hydrogen-bond acceptors (Lipinski definition) is 4. The van der Waals surface area contributed by atoms with Crippen LogP contribution in [0.1, 0.15) is 17.4 Å². The SMILES string of the molecule is CCNc1ccc(C(=O)Nc2ccc(OC)c(F)c2)nc1. The smallest absolute Gasteiger partial charge is 0.274 e. The van der Waals surface area contributed by atoms with Crippen LogP contribution in [0, 0.1) is 5.82 Å². The van der Waals surface area contributed by atoms with Crippen LogP contribution in [0.2, 0.25) is 0 Å². The van der Waals surface area contributed by atoms with Crippen molar-refractivity contribution in [3.8, 4) is 5.75 Å². The number of nitrogens with zero attached hydrogens (tertiary/aromatic N) is 1. The summed E-state index contributed by atoms with van der Waals surface area (Å²) in [6.07, 6.45) is 1.58. The summed E-state index contributed by atoms with van der Waals surface area (Å²) in [5, 5.41) is 5.67. The quantitative estimate of drug-likeness (QED) is 0.888. The molecule has 0 unspecified atom stereocenters. The monoisotopic (exact) mass is 289 g/mol. The van der Waals surface area contributed by atoms with Gasteiger partial charge in [-0.2, -0.15) is 0 Å². The topological polar surface area (TPSA) is 63.2 Å². The average molecular weight is 289 g/mol. The number of hydrogen-bond donors (Lipinski definition) is 2. The maximum atomic E-state index is 13.5. The summed E-state index contributed by atoms with van der Waals surface area (Å²) in [6, 6.07) is 7.58. The molecule has 110 valence electrons. The van der Waals surface area contributed by atoms with Gasteiger partial charge in [-0.3, -0.25) is 4.79 Å². The van der Waals surface area contributed by atoms with E-state index in [9.17, 15) is 9.18 Å². The van der Waals surface area contributed by atoms with Gasteiger partial charge in [-0.05, 0) is 31.2 Å². The molecule has 5 nitrogen and oxygen atoms in total. The summed E-state index contributed by atoms with van der Waals surface area (Å²) >= 11 is 0. The number of benzene rings is 1. The first-order valence-electron chi connectivity index (χ1n) is 6.49. The lowest BCUT2D eigenvalue weighted by molar-refractivity contribution is 0.102. The molecular weight excluding hydrogens is 273 g/mol. The van der Waals surface area contributed by atoms with Crippen LogP contribution >= 0.6 is 0 Å². The van der Waals surface area contributed by atoms with Crippen molar-refractivity contribution >= 4 is 17.3 Å². The molecule has 2 aromatic rings. The van der Waals surface area contributed by atoms with Crippen molar-refractivity contribution in [2.24, 2.45) is 0 Å². The highest BCUT2D eigenvalue weighted by molar-refractivity contribution is 6.02. The minimum atomic E-state index is -0.536. The lowest BCUT2D eigenvalue weighted by atomic mass is 10.2. The maximum absolute atomic E-state index is 13.5. The molecule has 6 heteroatoms. The normalized spacial score (nSPS) is 10.0. The molecule has 21 heavy (non-hydrogen) atoms. The number of amides is 1. The molecule has 0 aliphatic heterocycles. The van der Waals surface area contributed by atoms with E-state index < -0.39 is 11.7 Å². The van der Waals surface area contributed by atoms with Gasteiger partial charge in [0.05, 0.1) is 19.0 Å². The molecule has 1 heterocycles. The van der Waals surface area contributed by atoms with Gasteiger partial charge < -0.3 is 15.4 Å². The summed E-state index contributed by atoms with van der Waals surface area (Å²) < 4.78 is 18.4. The zero-order valence-electron chi connectivity index (χ0n) is 11.8. The fourth-order valence-corrected chi connectivity index (χ4v) is 1.78. The molecule has 1 aromatic heterocycles. The van der Waals surface area contributed by atoms with Crippen molar-refractivity contribution in [3.63, 3.8) is 0 Å². The third-order valence-electron chi connectivity index (χ3n) is 2.79. The van der Waals surface area contributed by atoms with Gasteiger partial charge in [0.2, 0.25) is 0 Å². The van der Waals surface area contributed by atoms with Crippen LogP contribution in [-0.2, 0) is 0 Å². The van der Waals surface area contributed by atoms with Crippen LogP contribution in [0.25, 0.3) is 0 Å². The average Bonchev–Trinajstić information content (AvgIpc) is 2.48. The Hall–Kier alpha value is -2.63.